The molecule has 1 aromatic heterocycles. The molecule has 7 heteroatoms. The molecular weight excluding hydrogens is 240 g/mol. The first-order valence-corrected chi connectivity index (χ1v) is 7.81. The Labute approximate surface area is 100 Å². The van der Waals surface area contributed by atoms with E-state index in [0.29, 0.717) is 6.42 Å². The smallest absolute Gasteiger partial charge is 0.152 e. The molecule has 0 aromatic carbocycles. The van der Waals surface area contributed by atoms with Gasteiger partial charge in [0, 0.05) is 0 Å². The fraction of sp³-hybridized carbons (Fsp3) is 0.800. The highest BCUT2D eigenvalue weighted by atomic mass is 32.2. The van der Waals surface area contributed by atoms with E-state index in [9.17, 15) is 8.42 Å². The van der Waals surface area contributed by atoms with Crippen LogP contribution in [0.4, 0.5) is 0 Å². The van der Waals surface area contributed by atoms with Gasteiger partial charge in [-0.1, -0.05) is 0 Å². The van der Waals surface area contributed by atoms with Crippen LogP contribution in [0.1, 0.15) is 37.2 Å². The van der Waals surface area contributed by atoms with Crippen molar-refractivity contribution < 1.29 is 8.42 Å². The molecule has 0 radical (unpaired) electrons. The van der Waals surface area contributed by atoms with E-state index in [4.69, 9.17) is 0 Å². The van der Waals surface area contributed by atoms with Gasteiger partial charge in [0.15, 0.2) is 9.84 Å². The van der Waals surface area contributed by atoms with Crippen molar-refractivity contribution in [3.63, 3.8) is 0 Å². The molecular formula is C10H16N4O2S. The minimum absolute atomic E-state index is 0.0207. The molecule has 0 amide bonds. The van der Waals surface area contributed by atoms with Crippen LogP contribution in [0.2, 0.25) is 0 Å². The van der Waals surface area contributed by atoms with Gasteiger partial charge >= 0.3 is 0 Å². The van der Waals surface area contributed by atoms with Gasteiger partial charge in [0.2, 0.25) is 0 Å². The molecule has 2 atom stereocenters. The van der Waals surface area contributed by atoms with Crippen LogP contribution >= 0.6 is 0 Å². The molecule has 3 rings (SSSR count). The summed E-state index contributed by atoms with van der Waals surface area (Å²) in [6.45, 7) is 1.00. The summed E-state index contributed by atoms with van der Waals surface area (Å²) in [7, 11) is -2.86. The van der Waals surface area contributed by atoms with Gasteiger partial charge in [0.05, 0.1) is 23.6 Å². The minimum Gasteiger partial charge on any atom is -0.312 e. The molecule has 2 aliphatic rings. The van der Waals surface area contributed by atoms with Crippen LogP contribution in [0.25, 0.3) is 0 Å². The van der Waals surface area contributed by atoms with Crippen LogP contribution in [0.15, 0.2) is 6.33 Å². The highest BCUT2D eigenvalue weighted by molar-refractivity contribution is 7.91. The maximum Gasteiger partial charge on any atom is 0.152 e. The molecule has 1 N–H and O–H groups in total. The Kier molecular flexibility index (Phi) is 2.67. The van der Waals surface area contributed by atoms with E-state index in [0.717, 1.165) is 25.2 Å². The van der Waals surface area contributed by atoms with Crippen molar-refractivity contribution in [1.29, 1.82) is 0 Å². The molecule has 17 heavy (non-hydrogen) atoms. The largest absolute Gasteiger partial charge is 0.312 e. The molecule has 94 valence electrons. The second-order valence-corrected chi connectivity index (χ2v) is 7.03. The van der Waals surface area contributed by atoms with E-state index >= 15 is 0 Å². The third-order valence-electron chi connectivity index (χ3n) is 3.57. The van der Waals surface area contributed by atoms with E-state index in [2.05, 4.69) is 15.5 Å². The number of aromatic nitrogens is 3. The van der Waals surface area contributed by atoms with Crippen molar-refractivity contribution >= 4 is 9.84 Å². The van der Waals surface area contributed by atoms with Gasteiger partial charge in [-0.3, -0.25) is 0 Å². The summed E-state index contributed by atoms with van der Waals surface area (Å²) in [4.78, 5) is 0. The Morgan fingerprint density at radius 2 is 2.29 bits per heavy atom. The quantitative estimate of drug-likeness (QED) is 0.810. The second-order valence-electron chi connectivity index (χ2n) is 4.80. The number of rotatable bonds is 2. The van der Waals surface area contributed by atoms with Crippen molar-refractivity contribution in [2.45, 2.75) is 31.3 Å². The van der Waals surface area contributed by atoms with E-state index in [1.54, 1.807) is 6.33 Å². The van der Waals surface area contributed by atoms with E-state index in [1.165, 1.54) is 0 Å². The average Bonchev–Trinajstić information content (AvgIpc) is 2.93. The molecule has 0 spiro atoms. The normalized spacial score (nSPS) is 32.0. The molecule has 3 heterocycles. The van der Waals surface area contributed by atoms with Crippen LogP contribution in [0.3, 0.4) is 0 Å². The molecule has 6 nitrogen and oxygen atoms in total. The molecule has 2 fully saturated rings. The fourth-order valence-corrected chi connectivity index (χ4v) is 4.39. The minimum atomic E-state index is -2.86. The zero-order valence-electron chi connectivity index (χ0n) is 9.54. The number of sulfone groups is 1. The summed E-state index contributed by atoms with van der Waals surface area (Å²) in [6, 6.07) is 0.258. The summed E-state index contributed by atoms with van der Waals surface area (Å²) in [5.41, 5.74) is 0. The number of nitrogens with zero attached hydrogens (tertiary/aromatic N) is 3. The Morgan fingerprint density at radius 3 is 2.94 bits per heavy atom. The summed E-state index contributed by atoms with van der Waals surface area (Å²) in [5, 5.41) is 11.5. The van der Waals surface area contributed by atoms with Gasteiger partial charge in [-0.05, 0) is 25.8 Å². The van der Waals surface area contributed by atoms with Gasteiger partial charge in [0.1, 0.15) is 12.2 Å². The Hall–Kier alpha value is -0.950. The summed E-state index contributed by atoms with van der Waals surface area (Å²) >= 11 is 0. The van der Waals surface area contributed by atoms with Crippen LogP contribution < -0.4 is 5.32 Å². The number of nitrogens with one attached hydrogen (secondary N) is 1. The lowest BCUT2D eigenvalue weighted by Gasteiger charge is -2.16. The van der Waals surface area contributed by atoms with Crippen molar-refractivity contribution in [2.75, 3.05) is 18.1 Å². The lowest BCUT2D eigenvalue weighted by atomic mass is 10.2. The lowest BCUT2D eigenvalue weighted by molar-refractivity contribution is 0.487. The van der Waals surface area contributed by atoms with Gasteiger partial charge in [-0.15, -0.1) is 10.2 Å². The van der Waals surface area contributed by atoms with Gasteiger partial charge in [-0.2, -0.15) is 0 Å². The Bertz CT molecular complexity index is 504. The Morgan fingerprint density at radius 1 is 1.41 bits per heavy atom. The number of hydrogen-bond donors (Lipinski definition) is 1. The molecule has 0 saturated carbocycles. The molecule has 0 aliphatic carbocycles. The van der Waals surface area contributed by atoms with E-state index in [1.807, 2.05) is 4.57 Å². The maximum atomic E-state index is 11.5. The van der Waals surface area contributed by atoms with Crippen molar-refractivity contribution in [3.8, 4) is 0 Å². The van der Waals surface area contributed by atoms with Crippen LogP contribution in [0.5, 0.6) is 0 Å². The third kappa shape index (κ3) is 2.09. The van der Waals surface area contributed by atoms with Crippen LogP contribution in [-0.2, 0) is 9.84 Å². The first kappa shape index (κ1) is 11.2. The predicted octanol–water partition coefficient (Wildman–Crippen LogP) is 0.0622. The van der Waals surface area contributed by atoms with Gasteiger partial charge in [-0.25, -0.2) is 8.42 Å². The molecule has 2 saturated heterocycles. The fourth-order valence-electron chi connectivity index (χ4n) is 2.68. The summed E-state index contributed by atoms with van der Waals surface area (Å²) in [6.07, 6.45) is 4.54. The first-order valence-electron chi connectivity index (χ1n) is 5.99. The van der Waals surface area contributed by atoms with Gasteiger partial charge in [0.25, 0.3) is 0 Å². The van der Waals surface area contributed by atoms with Crippen molar-refractivity contribution in [1.82, 2.24) is 20.1 Å². The highest BCUT2D eigenvalue weighted by Crippen LogP contribution is 2.28. The molecule has 1 aromatic rings. The lowest BCUT2D eigenvalue weighted by Crippen LogP contribution is -2.21. The number of hydrogen-bond acceptors (Lipinski definition) is 5. The van der Waals surface area contributed by atoms with Crippen molar-refractivity contribution in [3.05, 3.63) is 12.2 Å². The van der Waals surface area contributed by atoms with E-state index in [-0.39, 0.29) is 23.6 Å². The summed E-state index contributed by atoms with van der Waals surface area (Å²) < 4.78 is 24.9. The SMILES string of the molecule is O=S1(=O)CCC(n2cnnc2C2CCCN2)C1. The molecule has 0 bridgehead atoms. The maximum absolute atomic E-state index is 11.5. The first-order chi connectivity index (χ1) is 8.16. The second kappa shape index (κ2) is 4.06. The zero-order valence-corrected chi connectivity index (χ0v) is 10.4. The summed E-state index contributed by atoms with van der Waals surface area (Å²) in [5.74, 6) is 1.41. The zero-order chi connectivity index (χ0) is 11.9. The average molecular weight is 256 g/mol. The highest BCUT2D eigenvalue weighted by Gasteiger charge is 2.32. The van der Waals surface area contributed by atoms with Gasteiger partial charge < -0.3 is 9.88 Å². The molecule has 2 aliphatic heterocycles. The monoisotopic (exact) mass is 256 g/mol. The standard InChI is InChI=1S/C10H16N4O2S/c15-17(16)5-3-8(6-17)14-7-12-13-10(14)9-2-1-4-11-9/h7-9,11H,1-6H2. The van der Waals surface area contributed by atoms with Crippen molar-refractivity contribution in [2.24, 2.45) is 0 Å². The predicted molar refractivity (Wildman–Crippen MR) is 62.3 cm³/mol. The van der Waals surface area contributed by atoms with Crippen LogP contribution in [0, 0.1) is 0 Å². The molecule has 2 unspecified atom stereocenters. The van der Waals surface area contributed by atoms with E-state index < -0.39 is 9.84 Å². The Balaban J connectivity index is 1.86. The third-order valence-corrected chi connectivity index (χ3v) is 5.32. The topological polar surface area (TPSA) is 76.9 Å². The van der Waals surface area contributed by atoms with Crippen LogP contribution in [-0.4, -0.2) is 41.2 Å².